The van der Waals surface area contributed by atoms with Gasteiger partial charge in [0, 0.05) is 11.6 Å². The van der Waals surface area contributed by atoms with Crippen LogP contribution in [-0.4, -0.2) is 46.2 Å². The molecule has 0 bridgehead atoms. The first-order chi connectivity index (χ1) is 11.6. The van der Waals surface area contributed by atoms with E-state index in [1.165, 1.54) is 6.42 Å². The number of hydrogen-bond acceptors (Lipinski definition) is 4. The van der Waals surface area contributed by atoms with E-state index in [0.29, 0.717) is 6.04 Å². The Kier molecular flexibility index (Phi) is 5.11. The van der Waals surface area contributed by atoms with E-state index in [2.05, 4.69) is 48.4 Å². The fourth-order valence-electron chi connectivity index (χ4n) is 2.79. The maximum absolute atomic E-state index is 4.73. The Hall–Kier alpha value is -2.40. The Balaban J connectivity index is 1.76. The summed E-state index contributed by atoms with van der Waals surface area (Å²) in [4.78, 5) is 6.67. The Morgan fingerprint density at radius 2 is 1.92 bits per heavy atom. The van der Waals surface area contributed by atoms with Crippen molar-refractivity contribution in [1.82, 2.24) is 19.5 Å². The summed E-state index contributed by atoms with van der Waals surface area (Å²) in [6.07, 6.45) is 4.17. The van der Waals surface area contributed by atoms with Crippen molar-refractivity contribution in [2.75, 3.05) is 26.0 Å². The molecular formula is C19H25N5. The number of aromatic nitrogens is 3. The van der Waals surface area contributed by atoms with E-state index in [1.54, 1.807) is 0 Å². The molecule has 0 fully saturated rings. The zero-order valence-electron chi connectivity index (χ0n) is 14.6. The summed E-state index contributed by atoms with van der Waals surface area (Å²) in [6.45, 7) is 3.31. The van der Waals surface area contributed by atoms with Crippen LogP contribution in [0.15, 0.2) is 48.7 Å². The molecular weight excluding hydrogens is 298 g/mol. The van der Waals surface area contributed by atoms with Gasteiger partial charge in [0.1, 0.15) is 5.82 Å². The van der Waals surface area contributed by atoms with Crippen molar-refractivity contribution < 1.29 is 0 Å². The molecule has 1 atom stereocenters. The third-order valence-electron chi connectivity index (χ3n) is 4.07. The Morgan fingerprint density at radius 3 is 2.67 bits per heavy atom. The summed E-state index contributed by atoms with van der Waals surface area (Å²) in [5.41, 5.74) is 2.99. The van der Waals surface area contributed by atoms with Crippen molar-refractivity contribution in [3.8, 4) is 11.3 Å². The van der Waals surface area contributed by atoms with Gasteiger partial charge >= 0.3 is 0 Å². The lowest BCUT2D eigenvalue weighted by Crippen LogP contribution is -2.20. The van der Waals surface area contributed by atoms with Gasteiger partial charge in [0.25, 0.3) is 0 Å². The number of anilines is 1. The maximum Gasteiger partial charge on any atom is 0.154 e. The highest BCUT2D eigenvalue weighted by atomic mass is 15.3. The van der Waals surface area contributed by atoms with E-state index in [9.17, 15) is 0 Å². The Bertz CT molecular complexity index is 779. The summed E-state index contributed by atoms with van der Waals surface area (Å²) in [6, 6.07) is 14.6. The van der Waals surface area contributed by atoms with Crippen molar-refractivity contribution in [3.63, 3.8) is 0 Å². The molecule has 0 aliphatic heterocycles. The van der Waals surface area contributed by atoms with Gasteiger partial charge in [0.05, 0.1) is 11.9 Å². The fourth-order valence-corrected chi connectivity index (χ4v) is 2.79. The van der Waals surface area contributed by atoms with E-state index in [4.69, 9.17) is 5.10 Å². The average Bonchev–Trinajstić information content (AvgIpc) is 2.98. The number of rotatable bonds is 7. The second-order valence-corrected chi connectivity index (χ2v) is 6.49. The second-order valence-electron chi connectivity index (χ2n) is 6.49. The Morgan fingerprint density at radius 1 is 1.12 bits per heavy atom. The maximum atomic E-state index is 4.73. The van der Waals surface area contributed by atoms with Gasteiger partial charge in [-0.05, 0) is 52.5 Å². The number of benzene rings is 1. The average molecular weight is 323 g/mol. The van der Waals surface area contributed by atoms with E-state index >= 15 is 0 Å². The van der Waals surface area contributed by atoms with Crippen LogP contribution in [-0.2, 0) is 0 Å². The largest absolute Gasteiger partial charge is 0.366 e. The molecule has 1 N–H and O–H groups in total. The quantitative estimate of drug-likeness (QED) is 0.722. The minimum Gasteiger partial charge on any atom is -0.366 e. The second kappa shape index (κ2) is 7.45. The molecule has 0 aliphatic rings. The number of fused-ring (bicyclic) bond motifs is 1. The van der Waals surface area contributed by atoms with Gasteiger partial charge in [-0.1, -0.05) is 30.3 Å². The molecule has 0 saturated carbocycles. The van der Waals surface area contributed by atoms with Crippen molar-refractivity contribution in [1.29, 1.82) is 0 Å². The molecule has 0 aliphatic carbocycles. The van der Waals surface area contributed by atoms with Crippen LogP contribution in [0.1, 0.15) is 19.8 Å². The van der Waals surface area contributed by atoms with E-state index in [-0.39, 0.29) is 0 Å². The van der Waals surface area contributed by atoms with Gasteiger partial charge in [-0.15, -0.1) is 5.10 Å². The summed E-state index contributed by atoms with van der Waals surface area (Å²) < 4.78 is 1.91. The highest BCUT2D eigenvalue weighted by Crippen LogP contribution is 2.20. The van der Waals surface area contributed by atoms with Crippen LogP contribution in [0.25, 0.3) is 16.9 Å². The van der Waals surface area contributed by atoms with Crippen molar-refractivity contribution >= 4 is 11.5 Å². The standard InChI is InChI=1S/C19H25N5/c1-15(8-7-13-23(2)3)21-18-11-12-19-20-14-17(24(19)22-18)16-9-5-4-6-10-16/h4-6,9-12,14-15H,7-8,13H2,1-3H3,(H,21,22). The monoisotopic (exact) mass is 323 g/mol. The first kappa shape index (κ1) is 16.5. The van der Waals surface area contributed by atoms with Gasteiger partial charge in [-0.3, -0.25) is 0 Å². The number of hydrogen-bond donors (Lipinski definition) is 1. The lowest BCUT2D eigenvalue weighted by molar-refractivity contribution is 0.389. The number of nitrogens with zero attached hydrogens (tertiary/aromatic N) is 4. The minimum atomic E-state index is 0.388. The summed E-state index contributed by atoms with van der Waals surface area (Å²) in [5, 5.41) is 8.23. The molecule has 3 aromatic rings. The van der Waals surface area contributed by atoms with Crippen LogP contribution in [0.3, 0.4) is 0 Å². The van der Waals surface area contributed by atoms with Crippen molar-refractivity contribution in [2.45, 2.75) is 25.8 Å². The molecule has 5 heteroatoms. The molecule has 0 saturated heterocycles. The molecule has 1 unspecified atom stereocenters. The SMILES string of the molecule is CC(CCCN(C)C)Nc1ccc2ncc(-c3ccccc3)n2n1. The molecule has 2 aromatic heterocycles. The molecule has 0 amide bonds. The van der Waals surface area contributed by atoms with Gasteiger partial charge in [-0.2, -0.15) is 0 Å². The van der Waals surface area contributed by atoms with Crippen LogP contribution < -0.4 is 5.32 Å². The first-order valence-corrected chi connectivity index (χ1v) is 8.45. The zero-order chi connectivity index (χ0) is 16.9. The van der Waals surface area contributed by atoms with Gasteiger partial charge in [0.15, 0.2) is 5.65 Å². The Labute approximate surface area is 143 Å². The van der Waals surface area contributed by atoms with Crippen molar-refractivity contribution in [2.24, 2.45) is 0 Å². The smallest absolute Gasteiger partial charge is 0.154 e. The van der Waals surface area contributed by atoms with Crippen LogP contribution >= 0.6 is 0 Å². The molecule has 24 heavy (non-hydrogen) atoms. The summed E-state index contributed by atoms with van der Waals surface area (Å²) in [7, 11) is 4.22. The first-order valence-electron chi connectivity index (χ1n) is 8.45. The van der Waals surface area contributed by atoms with Crippen LogP contribution in [0.5, 0.6) is 0 Å². The van der Waals surface area contributed by atoms with Gasteiger partial charge in [0.2, 0.25) is 0 Å². The minimum absolute atomic E-state index is 0.388. The molecule has 126 valence electrons. The van der Waals surface area contributed by atoms with Crippen LogP contribution in [0.4, 0.5) is 5.82 Å². The van der Waals surface area contributed by atoms with Crippen LogP contribution in [0.2, 0.25) is 0 Å². The molecule has 1 aromatic carbocycles. The predicted octanol–water partition coefficient (Wildman–Crippen LogP) is 3.54. The third-order valence-corrected chi connectivity index (χ3v) is 4.07. The molecule has 0 radical (unpaired) electrons. The fraction of sp³-hybridized carbons (Fsp3) is 0.368. The highest BCUT2D eigenvalue weighted by molar-refractivity contribution is 5.63. The summed E-state index contributed by atoms with van der Waals surface area (Å²) in [5.74, 6) is 0.884. The molecule has 2 heterocycles. The third kappa shape index (κ3) is 3.92. The van der Waals surface area contributed by atoms with E-state index in [0.717, 1.165) is 35.7 Å². The zero-order valence-corrected chi connectivity index (χ0v) is 14.6. The predicted molar refractivity (Wildman–Crippen MR) is 99.3 cm³/mol. The topological polar surface area (TPSA) is 45.5 Å². The lowest BCUT2D eigenvalue weighted by atomic mass is 10.2. The summed E-state index contributed by atoms with van der Waals surface area (Å²) >= 11 is 0. The highest BCUT2D eigenvalue weighted by Gasteiger charge is 2.09. The number of imidazole rings is 1. The van der Waals surface area contributed by atoms with E-state index < -0.39 is 0 Å². The molecule has 3 rings (SSSR count). The normalized spacial score (nSPS) is 12.7. The van der Waals surface area contributed by atoms with Gasteiger partial charge in [-0.25, -0.2) is 9.50 Å². The van der Waals surface area contributed by atoms with Crippen molar-refractivity contribution in [3.05, 3.63) is 48.7 Å². The molecule has 0 spiro atoms. The number of nitrogens with one attached hydrogen (secondary N) is 1. The van der Waals surface area contributed by atoms with Crippen LogP contribution in [0, 0.1) is 0 Å². The van der Waals surface area contributed by atoms with Gasteiger partial charge < -0.3 is 10.2 Å². The van der Waals surface area contributed by atoms with E-state index in [1.807, 2.05) is 41.0 Å². The molecule has 5 nitrogen and oxygen atoms in total. The lowest BCUT2D eigenvalue weighted by Gasteiger charge is -2.16.